The molecule has 7 nitrogen and oxygen atoms in total. The van der Waals surface area contributed by atoms with Gasteiger partial charge in [-0.25, -0.2) is 15.0 Å². The Morgan fingerprint density at radius 2 is 2.19 bits per heavy atom. The van der Waals surface area contributed by atoms with Crippen LogP contribution in [0.25, 0.3) is 5.65 Å². The first-order chi connectivity index (χ1) is 12.7. The first-order valence-corrected chi connectivity index (χ1v) is 8.96. The lowest BCUT2D eigenvalue weighted by Gasteiger charge is -2.19. The first kappa shape index (κ1) is 18.1. The van der Waals surface area contributed by atoms with Crippen LogP contribution < -0.4 is 10.1 Å². The van der Waals surface area contributed by atoms with E-state index in [0.717, 1.165) is 30.6 Å². The lowest BCUT2D eigenvalue weighted by atomic mass is 10.1. The van der Waals surface area contributed by atoms with E-state index in [1.807, 2.05) is 41.9 Å². The summed E-state index contributed by atoms with van der Waals surface area (Å²) >= 11 is 0. The van der Waals surface area contributed by atoms with Gasteiger partial charge in [0.15, 0.2) is 11.6 Å². The fraction of sp³-hybridized carbons (Fsp3) is 0.421. The molecule has 3 aromatic rings. The molecule has 1 atom stereocenters. The van der Waals surface area contributed by atoms with Gasteiger partial charge in [0, 0.05) is 12.4 Å². The fourth-order valence-corrected chi connectivity index (χ4v) is 2.73. The summed E-state index contributed by atoms with van der Waals surface area (Å²) in [5, 5.41) is 12.9. The summed E-state index contributed by atoms with van der Waals surface area (Å²) < 4.78 is 7.87. The Hall–Kier alpha value is -2.67. The van der Waals surface area contributed by atoms with Gasteiger partial charge in [0.05, 0.1) is 24.5 Å². The van der Waals surface area contributed by atoms with Gasteiger partial charge in [-0.1, -0.05) is 25.8 Å². The summed E-state index contributed by atoms with van der Waals surface area (Å²) in [5.74, 6) is 1.82. The Labute approximate surface area is 153 Å². The van der Waals surface area contributed by atoms with Crippen molar-refractivity contribution in [3.8, 4) is 5.75 Å². The van der Waals surface area contributed by atoms with E-state index < -0.39 is 0 Å². The number of aliphatic hydroxyl groups excluding tert-OH is 1. The molecule has 0 saturated heterocycles. The van der Waals surface area contributed by atoms with E-state index in [1.54, 1.807) is 6.20 Å². The zero-order valence-electron chi connectivity index (χ0n) is 15.2. The van der Waals surface area contributed by atoms with Crippen LogP contribution in [-0.2, 0) is 6.61 Å². The van der Waals surface area contributed by atoms with Crippen molar-refractivity contribution in [2.45, 2.75) is 45.8 Å². The van der Waals surface area contributed by atoms with Crippen LogP contribution in [0, 0.1) is 6.92 Å². The highest BCUT2D eigenvalue weighted by atomic mass is 16.5. The van der Waals surface area contributed by atoms with Crippen molar-refractivity contribution in [1.29, 1.82) is 0 Å². The van der Waals surface area contributed by atoms with Gasteiger partial charge >= 0.3 is 0 Å². The molecule has 0 unspecified atom stereocenters. The Morgan fingerprint density at radius 3 is 2.96 bits per heavy atom. The number of aryl methyl sites for hydroxylation is 1. The van der Waals surface area contributed by atoms with Crippen molar-refractivity contribution in [3.05, 3.63) is 48.3 Å². The SMILES string of the molecule is CCCC[C@@H](CO)Nc1nc(C)ncc1OCc1cn2ccccc2n1. The first-order valence-electron chi connectivity index (χ1n) is 8.96. The van der Waals surface area contributed by atoms with Crippen LogP contribution in [0.4, 0.5) is 5.82 Å². The second-order valence-electron chi connectivity index (χ2n) is 6.28. The van der Waals surface area contributed by atoms with Crippen molar-refractivity contribution in [2.24, 2.45) is 0 Å². The van der Waals surface area contributed by atoms with E-state index in [9.17, 15) is 5.11 Å². The molecule has 0 fully saturated rings. The van der Waals surface area contributed by atoms with Crippen molar-refractivity contribution in [1.82, 2.24) is 19.4 Å². The van der Waals surface area contributed by atoms with Gasteiger partial charge in [-0.3, -0.25) is 0 Å². The van der Waals surface area contributed by atoms with Gasteiger partial charge in [0.25, 0.3) is 0 Å². The molecule has 0 aliphatic rings. The number of unbranched alkanes of at least 4 members (excludes halogenated alkanes) is 1. The van der Waals surface area contributed by atoms with E-state index >= 15 is 0 Å². The molecule has 2 N–H and O–H groups in total. The standard InChI is InChI=1S/C19H25N5O2/c1-3-4-7-15(12-25)23-19-17(10-20-14(2)21-19)26-13-16-11-24-9-6-5-8-18(24)22-16/h5-6,8-11,15,25H,3-4,7,12-13H2,1-2H3,(H,20,21,23)/t15-/m0/s1. The third kappa shape index (κ3) is 4.49. The number of hydrogen-bond donors (Lipinski definition) is 2. The Kier molecular flexibility index (Phi) is 6.01. The summed E-state index contributed by atoms with van der Waals surface area (Å²) in [5.41, 5.74) is 1.71. The minimum Gasteiger partial charge on any atom is -0.482 e. The largest absolute Gasteiger partial charge is 0.482 e. The molecule has 0 spiro atoms. The van der Waals surface area contributed by atoms with Gasteiger partial charge in [-0.15, -0.1) is 0 Å². The molecular formula is C19H25N5O2. The summed E-state index contributed by atoms with van der Waals surface area (Å²) in [6, 6.07) is 5.81. The number of rotatable bonds is 9. The third-order valence-electron chi connectivity index (χ3n) is 4.13. The Balaban J connectivity index is 1.72. The summed E-state index contributed by atoms with van der Waals surface area (Å²) in [7, 11) is 0. The van der Waals surface area contributed by atoms with Crippen LogP contribution in [0.2, 0.25) is 0 Å². The van der Waals surface area contributed by atoms with Gasteiger partial charge in [-0.05, 0) is 25.5 Å². The molecule has 0 amide bonds. The average Bonchev–Trinajstić information content (AvgIpc) is 3.07. The molecule has 0 radical (unpaired) electrons. The number of nitrogens with zero attached hydrogens (tertiary/aromatic N) is 4. The van der Waals surface area contributed by atoms with Crippen LogP contribution in [0.15, 0.2) is 36.8 Å². The normalized spacial score (nSPS) is 12.3. The van der Waals surface area contributed by atoms with Crippen molar-refractivity contribution in [3.63, 3.8) is 0 Å². The lowest BCUT2D eigenvalue weighted by molar-refractivity contribution is 0.265. The second-order valence-corrected chi connectivity index (χ2v) is 6.28. The number of imidazole rings is 1. The van der Waals surface area contributed by atoms with E-state index in [-0.39, 0.29) is 12.6 Å². The van der Waals surface area contributed by atoms with Crippen LogP contribution in [0.3, 0.4) is 0 Å². The van der Waals surface area contributed by atoms with Crippen LogP contribution >= 0.6 is 0 Å². The van der Waals surface area contributed by atoms with Gasteiger partial charge in [0.2, 0.25) is 0 Å². The third-order valence-corrected chi connectivity index (χ3v) is 4.13. The zero-order valence-corrected chi connectivity index (χ0v) is 15.2. The molecule has 0 aliphatic carbocycles. The molecule has 0 aliphatic heterocycles. The maximum atomic E-state index is 9.60. The van der Waals surface area contributed by atoms with Gasteiger partial charge < -0.3 is 19.6 Å². The minimum absolute atomic E-state index is 0.0505. The highest BCUT2D eigenvalue weighted by molar-refractivity contribution is 5.49. The molecule has 0 aromatic carbocycles. The van der Waals surface area contributed by atoms with Gasteiger partial charge in [-0.2, -0.15) is 0 Å². The molecule has 0 saturated carbocycles. The summed E-state index contributed by atoms with van der Waals surface area (Å²) in [6.07, 6.45) is 8.55. The number of aromatic nitrogens is 4. The Morgan fingerprint density at radius 1 is 1.31 bits per heavy atom. The highest BCUT2D eigenvalue weighted by Gasteiger charge is 2.13. The predicted molar refractivity (Wildman–Crippen MR) is 100 cm³/mol. The topological polar surface area (TPSA) is 84.6 Å². The minimum atomic E-state index is -0.0539. The molecule has 26 heavy (non-hydrogen) atoms. The molecule has 138 valence electrons. The number of anilines is 1. The van der Waals surface area contributed by atoms with Crippen molar-refractivity contribution < 1.29 is 9.84 Å². The van der Waals surface area contributed by atoms with Crippen LogP contribution in [-0.4, -0.2) is 37.1 Å². The zero-order chi connectivity index (χ0) is 18.4. The maximum Gasteiger partial charge on any atom is 0.180 e. The van der Waals surface area contributed by atoms with Gasteiger partial charge in [0.1, 0.15) is 18.1 Å². The van der Waals surface area contributed by atoms with Crippen LogP contribution in [0.1, 0.15) is 37.7 Å². The average molecular weight is 355 g/mol. The molecule has 0 bridgehead atoms. The summed E-state index contributed by atoms with van der Waals surface area (Å²) in [4.78, 5) is 13.2. The number of pyridine rings is 1. The fourth-order valence-electron chi connectivity index (χ4n) is 2.73. The number of nitrogens with one attached hydrogen (secondary N) is 1. The van der Waals surface area contributed by atoms with Crippen molar-refractivity contribution >= 4 is 11.5 Å². The Bertz CT molecular complexity index is 816. The smallest absolute Gasteiger partial charge is 0.180 e. The predicted octanol–water partition coefficient (Wildman–Crippen LogP) is 2.97. The number of ether oxygens (including phenoxy) is 1. The molecular weight excluding hydrogens is 330 g/mol. The van der Waals surface area contributed by atoms with E-state index in [4.69, 9.17) is 4.74 Å². The molecule has 3 heterocycles. The molecule has 3 rings (SSSR count). The quantitative estimate of drug-likeness (QED) is 0.614. The molecule has 3 aromatic heterocycles. The van der Waals surface area contributed by atoms with E-state index in [2.05, 4.69) is 27.2 Å². The highest BCUT2D eigenvalue weighted by Crippen LogP contribution is 2.23. The van der Waals surface area contributed by atoms with E-state index in [1.165, 1.54) is 0 Å². The number of hydrogen-bond acceptors (Lipinski definition) is 6. The second kappa shape index (κ2) is 8.62. The van der Waals surface area contributed by atoms with E-state index in [0.29, 0.717) is 24.0 Å². The molecule has 7 heteroatoms. The summed E-state index contributed by atoms with van der Waals surface area (Å²) in [6.45, 7) is 4.33. The van der Waals surface area contributed by atoms with Crippen molar-refractivity contribution in [2.75, 3.05) is 11.9 Å². The van der Waals surface area contributed by atoms with Crippen LogP contribution in [0.5, 0.6) is 5.75 Å². The lowest BCUT2D eigenvalue weighted by Crippen LogP contribution is -2.25. The maximum absolute atomic E-state index is 9.60. The number of fused-ring (bicyclic) bond motifs is 1. The monoisotopic (exact) mass is 355 g/mol. The number of aliphatic hydroxyl groups is 1.